The van der Waals surface area contributed by atoms with Gasteiger partial charge in [0, 0.05) is 37.2 Å². The molecule has 5 heteroatoms. The molecule has 0 amide bonds. The van der Waals surface area contributed by atoms with Crippen molar-refractivity contribution in [3.63, 3.8) is 0 Å². The van der Waals surface area contributed by atoms with Crippen LogP contribution in [-0.4, -0.2) is 24.7 Å². The van der Waals surface area contributed by atoms with Crippen LogP contribution in [0.3, 0.4) is 0 Å². The predicted molar refractivity (Wildman–Crippen MR) is 77.3 cm³/mol. The van der Waals surface area contributed by atoms with E-state index >= 15 is 0 Å². The summed E-state index contributed by atoms with van der Waals surface area (Å²) in [6.45, 7) is 1.96. The summed E-state index contributed by atoms with van der Waals surface area (Å²) in [5.74, 6) is 0. The average molecular weight is 270 g/mol. The van der Waals surface area contributed by atoms with Crippen LogP contribution in [-0.2, 0) is 20.5 Å². The number of hydrogen-bond donors (Lipinski definition) is 1. The van der Waals surface area contributed by atoms with Gasteiger partial charge in [-0.15, -0.1) is 0 Å². The molecule has 104 valence electrons. The van der Waals surface area contributed by atoms with Gasteiger partial charge in [-0.3, -0.25) is 9.36 Å². The summed E-state index contributed by atoms with van der Waals surface area (Å²) in [7, 11) is 3.80. The third-order valence-corrected chi connectivity index (χ3v) is 3.85. The van der Waals surface area contributed by atoms with Crippen molar-refractivity contribution < 1.29 is 5.11 Å². The molecule has 0 aliphatic heterocycles. The predicted octanol–water partition coefficient (Wildman–Crippen LogP) is 1.89. The number of rotatable bonds is 3. The molecule has 0 radical (unpaired) electrons. The molecule has 2 heterocycles. The highest BCUT2D eigenvalue weighted by atomic mass is 16.3. The summed E-state index contributed by atoms with van der Waals surface area (Å²) in [4.78, 5) is 0. The number of aliphatic hydroxyl groups excluding tert-OH is 1. The SMILES string of the molecule is Cc1c(C(O)Cc2nn(C)c3ccccc23)cnn1C. The Bertz CT molecular complexity index is 756. The Morgan fingerprint density at radius 3 is 2.65 bits per heavy atom. The van der Waals surface area contributed by atoms with Crippen LogP contribution in [0.25, 0.3) is 10.9 Å². The van der Waals surface area contributed by atoms with E-state index < -0.39 is 6.10 Å². The van der Waals surface area contributed by atoms with E-state index in [1.165, 1.54) is 0 Å². The lowest BCUT2D eigenvalue weighted by Crippen LogP contribution is -2.05. The number of hydrogen-bond acceptors (Lipinski definition) is 3. The van der Waals surface area contributed by atoms with Crippen LogP contribution in [0.2, 0.25) is 0 Å². The maximum absolute atomic E-state index is 10.4. The van der Waals surface area contributed by atoms with Gasteiger partial charge in [-0.1, -0.05) is 18.2 Å². The topological polar surface area (TPSA) is 55.9 Å². The first-order valence-corrected chi connectivity index (χ1v) is 6.65. The van der Waals surface area contributed by atoms with Gasteiger partial charge >= 0.3 is 0 Å². The standard InChI is InChI=1S/C15H18N4O/c1-10-12(9-16-18(10)2)15(20)8-13-11-6-4-5-7-14(11)19(3)17-13/h4-7,9,15,20H,8H2,1-3H3. The molecule has 0 saturated carbocycles. The smallest absolute Gasteiger partial charge is 0.0879 e. The quantitative estimate of drug-likeness (QED) is 0.790. The van der Waals surface area contributed by atoms with Crippen molar-refractivity contribution in [2.45, 2.75) is 19.4 Å². The molecule has 20 heavy (non-hydrogen) atoms. The van der Waals surface area contributed by atoms with Crippen molar-refractivity contribution >= 4 is 10.9 Å². The van der Waals surface area contributed by atoms with Crippen LogP contribution >= 0.6 is 0 Å². The van der Waals surface area contributed by atoms with Gasteiger partial charge in [-0.05, 0) is 13.0 Å². The Hall–Kier alpha value is -2.14. The lowest BCUT2D eigenvalue weighted by molar-refractivity contribution is 0.176. The molecular weight excluding hydrogens is 252 g/mol. The fourth-order valence-corrected chi connectivity index (χ4v) is 2.58. The monoisotopic (exact) mass is 270 g/mol. The summed E-state index contributed by atoms with van der Waals surface area (Å²) >= 11 is 0. The molecule has 3 rings (SSSR count). The van der Waals surface area contributed by atoms with Crippen LogP contribution in [0.5, 0.6) is 0 Å². The van der Waals surface area contributed by atoms with Crippen LogP contribution in [0.15, 0.2) is 30.5 Å². The second-order valence-corrected chi connectivity index (χ2v) is 5.12. The molecule has 0 fully saturated rings. The first-order chi connectivity index (χ1) is 9.58. The van der Waals surface area contributed by atoms with Crippen LogP contribution < -0.4 is 0 Å². The summed E-state index contributed by atoms with van der Waals surface area (Å²) in [5.41, 5.74) is 3.84. The zero-order chi connectivity index (χ0) is 14.3. The number of fused-ring (bicyclic) bond motifs is 1. The summed E-state index contributed by atoms with van der Waals surface area (Å²) in [6.07, 6.45) is 1.64. The number of aliphatic hydroxyl groups is 1. The molecule has 0 spiro atoms. The van der Waals surface area contributed by atoms with Crippen LogP contribution in [0.4, 0.5) is 0 Å². The molecule has 1 unspecified atom stereocenters. The lowest BCUT2D eigenvalue weighted by Gasteiger charge is -2.08. The van der Waals surface area contributed by atoms with E-state index in [-0.39, 0.29) is 0 Å². The molecule has 3 aromatic rings. The number of aromatic nitrogens is 4. The summed E-state index contributed by atoms with van der Waals surface area (Å²) in [6, 6.07) is 8.07. The van der Waals surface area contributed by atoms with Gasteiger partial charge in [0.2, 0.25) is 0 Å². The molecule has 1 aromatic carbocycles. The van der Waals surface area contributed by atoms with Gasteiger partial charge in [-0.2, -0.15) is 10.2 Å². The summed E-state index contributed by atoms with van der Waals surface area (Å²) < 4.78 is 3.63. The van der Waals surface area contributed by atoms with E-state index in [1.807, 2.05) is 50.0 Å². The fourth-order valence-electron chi connectivity index (χ4n) is 2.58. The van der Waals surface area contributed by atoms with E-state index in [1.54, 1.807) is 10.9 Å². The fraction of sp³-hybridized carbons (Fsp3) is 0.333. The first-order valence-electron chi connectivity index (χ1n) is 6.65. The van der Waals surface area contributed by atoms with Crippen molar-refractivity contribution in [1.29, 1.82) is 0 Å². The minimum absolute atomic E-state index is 0.494. The van der Waals surface area contributed by atoms with E-state index in [0.717, 1.165) is 27.9 Å². The minimum atomic E-state index is -0.581. The maximum atomic E-state index is 10.4. The first kappa shape index (κ1) is 12.9. The molecule has 0 aliphatic carbocycles. The average Bonchev–Trinajstić information content (AvgIpc) is 2.93. The Morgan fingerprint density at radius 2 is 1.95 bits per heavy atom. The molecular formula is C15H18N4O. The number of nitrogens with zero attached hydrogens (tertiary/aromatic N) is 4. The van der Waals surface area contributed by atoms with Crippen LogP contribution in [0, 0.1) is 6.92 Å². The van der Waals surface area contributed by atoms with Gasteiger partial charge in [-0.25, -0.2) is 0 Å². The van der Waals surface area contributed by atoms with Gasteiger partial charge in [0.05, 0.1) is 23.5 Å². The molecule has 1 atom stereocenters. The van der Waals surface area contributed by atoms with Gasteiger partial charge in [0.25, 0.3) is 0 Å². The van der Waals surface area contributed by atoms with Gasteiger partial charge in [0.15, 0.2) is 0 Å². The number of aryl methyl sites for hydroxylation is 2. The highest BCUT2D eigenvalue weighted by Crippen LogP contribution is 2.25. The van der Waals surface area contributed by atoms with Crippen LogP contribution in [0.1, 0.15) is 23.1 Å². The van der Waals surface area contributed by atoms with E-state index in [0.29, 0.717) is 6.42 Å². The van der Waals surface area contributed by atoms with E-state index in [9.17, 15) is 5.11 Å². The second kappa shape index (κ2) is 4.76. The van der Waals surface area contributed by atoms with Crippen molar-refractivity contribution in [1.82, 2.24) is 19.6 Å². The molecule has 2 aromatic heterocycles. The van der Waals surface area contributed by atoms with E-state index in [4.69, 9.17) is 0 Å². The normalized spacial score (nSPS) is 13.0. The largest absolute Gasteiger partial charge is 0.388 e. The highest BCUT2D eigenvalue weighted by molar-refractivity contribution is 5.81. The van der Waals surface area contributed by atoms with Crippen molar-refractivity contribution in [3.05, 3.63) is 47.4 Å². The van der Waals surface area contributed by atoms with E-state index in [2.05, 4.69) is 10.2 Å². The third-order valence-electron chi connectivity index (χ3n) is 3.85. The van der Waals surface area contributed by atoms with Crippen molar-refractivity contribution in [3.8, 4) is 0 Å². The Balaban J connectivity index is 1.95. The maximum Gasteiger partial charge on any atom is 0.0879 e. The third kappa shape index (κ3) is 2.00. The molecule has 0 bridgehead atoms. The molecule has 5 nitrogen and oxygen atoms in total. The lowest BCUT2D eigenvalue weighted by atomic mass is 10.0. The molecule has 1 N–H and O–H groups in total. The Morgan fingerprint density at radius 1 is 1.20 bits per heavy atom. The zero-order valence-electron chi connectivity index (χ0n) is 11.9. The molecule has 0 saturated heterocycles. The summed E-state index contributed by atoms with van der Waals surface area (Å²) in [5, 5.41) is 20.2. The Labute approximate surface area is 117 Å². The van der Waals surface area contributed by atoms with Crippen molar-refractivity contribution in [2.24, 2.45) is 14.1 Å². The van der Waals surface area contributed by atoms with Crippen molar-refractivity contribution in [2.75, 3.05) is 0 Å². The number of para-hydroxylation sites is 1. The van der Waals surface area contributed by atoms with Gasteiger partial charge < -0.3 is 5.11 Å². The molecule has 0 aliphatic rings. The minimum Gasteiger partial charge on any atom is -0.388 e. The Kier molecular flexibility index (Phi) is 3.06. The zero-order valence-corrected chi connectivity index (χ0v) is 11.9. The van der Waals surface area contributed by atoms with Gasteiger partial charge in [0.1, 0.15) is 0 Å². The number of benzene rings is 1. The highest BCUT2D eigenvalue weighted by Gasteiger charge is 2.18. The second-order valence-electron chi connectivity index (χ2n) is 5.12.